The molecule has 0 radical (unpaired) electrons. The van der Waals surface area contributed by atoms with Crippen LogP contribution in [0.5, 0.6) is 0 Å². The lowest BCUT2D eigenvalue weighted by molar-refractivity contribution is -0.145. The number of amides is 10. The summed E-state index contributed by atoms with van der Waals surface area (Å²) in [5.41, 5.74) is 17.1. The number of aliphatic carboxylic acids is 2. The molecule has 0 unspecified atom stereocenters. The summed E-state index contributed by atoms with van der Waals surface area (Å²) in [4.78, 5) is 158. The van der Waals surface area contributed by atoms with Crippen LogP contribution < -0.4 is 54.4 Å². The molecule has 1 aliphatic rings. The number of rotatable bonds is 31. The number of aliphatic hydroxyl groups excluding tert-OH is 2. The second kappa shape index (κ2) is 29.9. The standard InChI is InChI=1S/C46H71N11O16/c1-22(2)16-26(47)38(64)50-27(13-14-34(48)60)39(65)55-32(21-58)43(69)52-30(20-36(62)63)41(67)51-29(19-35(49)61)40(66)54-31(17-23(3)4)45(71)57-15-9-12-33(57)44(70)53-28(18-25-10-7-6-8-11-25)42(68)56-37(24(5)59)46(72)73/h6-8,10-11,22-24,26-33,37,58-59H,9,12-21,47H2,1-5H3,(H2,48,60)(H2,49,61)(H,50,64)(H,51,67)(H,52,69)(H,53,70)(H,54,66)(H,55,65)(H,56,68)(H,62,63)(H,72,73)/t24-,26+,27+,28+,29+,30+,31+,32+,33+,37+/m1/s1. The van der Waals surface area contributed by atoms with Crippen LogP contribution in [0.3, 0.4) is 0 Å². The lowest BCUT2D eigenvalue weighted by Gasteiger charge is -2.31. The Morgan fingerprint density at radius 3 is 1.64 bits per heavy atom. The van der Waals surface area contributed by atoms with Gasteiger partial charge in [-0.3, -0.25) is 52.7 Å². The van der Waals surface area contributed by atoms with E-state index in [9.17, 15) is 78.0 Å². The molecule has 27 heteroatoms. The SMILES string of the molecule is CC(C)C[C@H](NC(=O)[C@H](CC(N)=O)NC(=O)[C@H](CC(=O)O)NC(=O)[C@H](CO)NC(=O)[C@H](CCC(N)=O)NC(=O)[C@@H](N)CC(C)C)C(=O)N1CCC[C@H]1C(=O)N[C@@H](Cc1ccccc1)C(=O)N[C@H](C(=O)O)[C@@H](C)O. The second-order valence-corrected chi connectivity index (χ2v) is 18.6. The lowest BCUT2D eigenvalue weighted by atomic mass is 10.0. The van der Waals surface area contributed by atoms with Crippen LogP contribution >= 0.6 is 0 Å². The normalized spacial score (nSPS) is 17.0. The maximum atomic E-state index is 14.3. The number of benzene rings is 1. The zero-order chi connectivity index (χ0) is 55.3. The number of nitrogens with two attached hydrogens (primary N) is 3. The van der Waals surface area contributed by atoms with Crippen molar-refractivity contribution in [3.63, 3.8) is 0 Å². The Hall–Kier alpha value is -7.26. The number of primary amides is 2. The Morgan fingerprint density at radius 2 is 1.14 bits per heavy atom. The molecule has 0 saturated carbocycles. The van der Waals surface area contributed by atoms with Crippen molar-refractivity contribution < 1.29 is 78.0 Å². The number of hydrogen-bond acceptors (Lipinski definition) is 15. The van der Waals surface area contributed by atoms with Gasteiger partial charge in [-0.1, -0.05) is 58.0 Å². The van der Waals surface area contributed by atoms with E-state index >= 15 is 0 Å². The molecule has 0 aromatic heterocycles. The fourth-order valence-corrected chi connectivity index (χ4v) is 7.69. The Labute approximate surface area is 421 Å². The lowest BCUT2D eigenvalue weighted by Crippen LogP contribution is -2.61. The zero-order valence-corrected chi connectivity index (χ0v) is 41.5. The van der Waals surface area contributed by atoms with Gasteiger partial charge in [0, 0.05) is 19.4 Å². The number of carboxylic acid groups (broad SMARTS) is 2. The number of aliphatic hydroxyl groups is 2. The van der Waals surface area contributed by atoms with Crippen molar-refractivity contribution in [3.05, 3.63) is 35.9 Å². The number of carboxylic acids is 2. The number of carbonyl (C=O) groups is 12. The molecule has 0 aliphatic carbocycles. The fraction of sp³-hybridized carbons (Fsp3) is 0.609. The van der Waals surface area contributed by atoms with Crippen molar-refractivity contribution in [1.29, 1.82) is 0 Å². The highest BCUT2D eigenvalue weighted by atomic mass is 16.4. The van der Waals surface area contributed by atoms with Crippen molar-refractivity contribution in [1.82, 2.24) is 42.1 Å². The second-order valence-electron chi connectivity index (χ2n) is 18.6. The monoisotopic (exact) mass is 1030 g/mol. The zero-order valence-electron chi connectivity index (χ0n) is 41.5. The highest BCUT2D eigenvalue weighted by molar-refractivity contribution is 6.00. The first-order chi connectivity index (χ1) is 34.1. The average molecular weight is 1030 g/mol. The smallest absolute Gasteiger partial charge is 0.328 e. The van der Waals surface area contributed by atoms with Crippen molar-refractivity contribution in [2.75, 3.05) is 13.2 Å². The number of hydrogen-bond donors (Lipinski definition) is 14. The molecule has 1 heterocycles. The molecule has 1 aliphatic heterocycles. The van der Waals surface area contributed by atoms with Crippen molar-refractivity contribution in [2.24, 2.45) is 29.0 Å². The van der Waals surface area contributed by atoms with E-state index in [1.165, 1.54) is 4.90 Å². The minimum absolute atomic E-state index is 0.00247. The molecule has 10 amide bonds. The van der Waals surface area contributed by atoms with E-state index in [0.29, 0.717) is 12.0 Å². The first-order valence-electron chi connectivity index (χ1n) is 23.7. The van der Waals surface area contributed by atoms with Crippen LogP contribution in [0.1, 0.15) is 91.5 Å². The highest BCUT2D eigenvalue weighted by Gasteiger charge is 2.41. The molecule has 1 fully saturated rings. The van der Waals surface area contributed by atoms with Gasteiger partial charge in [0.2, 0.25) is 59.1 Å². The van der Waals surface area contributed by atoms with Gasteiger partial charge in [-0.05, 0) is 56.4 Å². The minimum Gasteiger partial charge on any atom is -0.481 e. The van der Waals surface area contributed by atoms with Gasteiger partial charge in [-0.15, -0.1) is 0 Å². The summed E-state index contributed by atoms with van der Waals surface area (Å²) in [6.07, 6.45) is -3.90. The largest absolute Gasteiger partial charge is 0.481 e. The number of carbonyl (C=O) groups excluding carboxylic acids is 10. The molecule has 2 rings (SSSR count). The first-order valence-corrected chi connectivity index (χ1v) is 23.7. The maximum Gasteiger partial charge on any atom is 0.328 e. The van der Waals surface area contributed by atoms with Crippen LogP contribution in [0, 0.1) is 11.8 Å². The fourth-order valence-electron chi connectivity index (χ4n) is 7.69. The molecule has 27 nitrogen and oxygen atoms in total. The quantitative estimate of drug-likeness (QED) is 0.0331. The van der Waals surface area contributed by atoms with Crippen LogP contribution in [0.25, 0.3) is 0 Å². The Bertz CT molecular complexity index is 2140. The molecule has 10 atom stereocenters. The van der Waals surface area contributed by atoms with E-state index < -0.39 is 157 Å². The van der Waals surface area contributed by atoms with Crippen LogP contribution in [0.4, 0.5) is 0 Å². The molecular weight excluding hydrogens is 963 g/mol. The topological polar surface area (TPSA) is 451 Å². The van der Waals surface area contributed by atoms with E-state index in [4.69, 9.17) is 17.2 Å². The summed E-state index contributed by atoms with van der Waals surface area (Å²) in [6.45, 7) is 7.02. The minimum atomic E-state index is -2.05. The van der Waals surface area contributed by atoms with Crippen molar-refractivity contribution in [2.45, 2.75) is 153 Å². The van der Waals surface area contributed by atoms with Gasteiger partial charge in [0.25, 0.3) is 0 Å². The predicted molar refractivity (Wildman–Crippen MR) is 256 cm³/mol. The summed E-state index contributed by atoms with van der Waals surface area (Å²) in [6, 6.07) is -5.77. The van der Waals surface area contributed by atoms with E-state index in [0.717, 1.165) is 6.92 Å². The molecule has 17 N–H and O–H groups in total. The van der Waals surface area contributed by atoms with Gasteiger partial charge in [0.1, 0.15) is 42.3 Å². The van der Waals surface area contributed by atoms with Crippen LogP contribution in [-0.4, -0.2) is 170 Å². The summed E-state index contributed by atoms with van der Waals surface area (Å²) in [5, 5.41) is 55.4. The van der Waals surface area contributed by atoms with Crippen LogP contribution in [0.2, 0.25) is 0 Å². The van der Waals surface area contributed by atoms with E-state index in [-0.39, 0.29) is 50.5 Å². The first kappa shape index (κ1) is 61.9. The Kier molecular flexibility index (Phi) is 25.4. The third-order valence-electron chi connectivity index (χ3n) is 11.4. The summed E-state index contributed by atoms with van der Waals surface area (Å²) in [5.74, 6) is -13.8. The Balaban J connectivity index is 2.35. The maximum absolute atomic E-state index is 14.3. The molecular formula is C46H71N11O16. The van der Waals surface area contributed by atoms with Crippen LogP contribution in [-0.2, 0) is 64.0 Å². The van der Waals surface area contributed by atoms with E-state index in [1.54, 1.807) is 58.0 Å². The number of nitrogens with one attached hydrogen (secondary N) is 7. The third-order valence-corrected chi connectivity index (χ3v) is 11.4. The molecule has 0 bridgehead atoms. The average Bonchev–Trinajstić information content (AvgIpc) is 3.79. The van der Waals surface area contributed by atoms with Crippen molar-refractivity contribution in [3.8, 4) is 0 Å². The van der Waals surface area contributed by atoms with E-state index in [2.05, 4.69) is 37.2 Å². The summed E-state index contributed by atoms with van der Waals surface area (Å²) in [7, 11) is 0. The molecule has 1 aromatic rings. The highest BCUT2D eigenvalue weighted by Crippen LogP contribution is 2.21. The molecule has 0 spiro atoms. The third kappa shape index (κ3) is 21.2. The number of likely N-dealkylation sites (tertiary alicyclic amines) is 1. The molecule has 1 saturated heterocycles. The van der Waals surface area contributed by atoms with E-state index in [1.807, 2.05) is 0 Å². The van der Waals surface area contributed by atoms with Gasteiger partial charge < -0.3 is 79.7 Å². The van der Waals surface area contributed by atoms with Gasteiger partial charge in [-0.25, -0.2) is 4.79 Å². The van der Waals surface area contributed by atoms with Gasteiger partial charge in [-0.2, -0.15) is 0 Å². The molecule has 73 heavy (non-hydrogen) atoms. The van der Waals surface area contributed by atoms with Gasteiger partial charge in [0.05, 0.1) is 31.6 Å². The predicted octanol–water partition coefficient (Wildman–Crippen LogP) is -4.89. The van der Waals surface area contributed by atoms with Crippen molar-refractivity contribution >= 4 is 71.0 Å². The Morgan fingerprint density at radius 1 is 0.630 bits per heavy atom. The van der Waals surface area contributed by atoms with Crippen LogP contribution in [0.15, 0.2) is 30.3 Å². The van der Waals surface area contributed by atoms with Gasteiger partial charge in [0.15, 0.2) is 6.04 Å². The summed E-state index contributed by atoms with van der Waals surface area (Å²) >= 11 is 0. The molecule has 406 valence electrons. The van der Waals surface area contributed by atoms with Gasteiger partial charge >= 0.3 is 11.9 Å². The molecule has 1 aromatic carbocycles. The number of nitrogens with zero attached hydrogens (tertiary/aromatic N) is 1. The summed E-state index contributed by atoms with van der Waals surface area (Å²) < 4.78 is 0.